The molecule has 0 aliphatic carbocycles. The van der Waals surface area contributed by atoms with Crippen LogP contribution < -0.4 is 5.32 Å². The zero-order chi connectivity index (χ0) is 15.5. The first-order chi connectivity index (χ1) is 10.6. The van der Waals surface area contributed by atoms with Gasteiger partial charge in [-0.2, -0.15) is 0 Å². The van der Waals surface area contributed by atoms with Crippen molar-refractivity contribution in [3.63, 3.8) is 0 Å². The number of rotatable bonds is 3. The van der Waals surface area contributed by atoms with Crippen LogP contribution in [0.25, 0.3) is 11.5 Å². The number of amides is 1. The Morgan fingerprint density at radius 1 is 1.00 bits per heavy atom. The van der Waals surface area contributed by atoms with Crippen LogP contribution in [0.15, 0.2) is 52.9 Å². The SMILES string of the molecule is O=C(Nc1ccc(F)c(F)c1)c1nnc(-c2ccccc2)o1. The topological polar surface area (TPSA) is 68.0 Å². The zero-order valence-electron chi connectivity index (χ0n) is 11.1. The molecule has 0 unspecified atom stereocenters. The highest BCUT2D eigenvalue weighted by molar-refractivity contribution is 6.00. The second kappa shape index (κ2) is 5.72. The summed E-state index contributed by atoms with van der Waals surface area (Å²) in [5.41, 5.74) is 0.755. The summed E-state index contributed by atoms with van der Waals surface area (Å²) in [5, 5.41) is 9.75. The Morgan fingerprint density at radius 3 is 2.50 bits per heavy atom. The van der Waals surface area contributed by atoms with Crippen LogP contribution in [-0.4, -0.2) is 16.1 Å². The summed E-state index contributed by atoms with van der Waals surface area (Å²) in [4.78, 5) is 11.9. The minimum absolute atomic E-state index is 0.0864. The number of anilines is 1. The second-order valence-corrected chi connectivity index (χ2v) is 4.36. The van der Waals surface area contributed by atoms with Crippen LogP contribution in [0.4, 0.5) is 14.5 Å². The van der Waals surface area contributed by atoms with Crippen molar-refractivity contribution in [1.82, 2.24) is 10.2 Å². The first-order valence-corrected chi connectivity index (χ1v) is 6.29. The smallest absolute Gasteiger partial charge is 0.313 e. The number of hydrogen-bond acceptors (Lipinski definition) is 4. The molecule has 1 aromatic heterocycles. The summed E-state index contributed by atoms with van der Waals surface area (Å²) in [6.07, 6.45) is 0. The van der Waals surface area contributed by atoms with Gasteiger partial charge in [-0.1, -0.05) is 18.2 Å². The molecule has 7 heteroatoms. The quantitative estimate of drug-likeness (QED) is 0.806. The van der Waals surface area contributed by atoms with E-state index in [0.717, 1.165) is 12.1 Å². The van der Waals surface area contributed by atoms with Gasteiger partial charge in [0.05, 0.1) is 0 Å². The van der Waals surface area contributed by atoms with Crippen molar-refractivity contribution in [2.75, 3.05) is 5.32 Å². The largest absolute Gasteiger partial charge is 0.412 e. The Labute approximate surface area is 123 Å². The summed E-state index contributed by atoms with van der Waals surface area (Å²) in [5.74, 6) is -2.85. The lowest BCUT2D eigenvalue weighted by atomic mass is 10.2. The molecule has 0 radical (unpaired) electrons. The molecule has 0 saturated heterocycles. The summed E-state index contributed by atoms with van der Waals surface area (Å²) in [7, 11) is 0. The Kier molecular flexibility index (Phi) is 3.61. The highest BCUT2D eigenvalue weighted by atomic mass is 19.2. The number of nitrogens with zero attached hydrogens (tertiary/aromatic N) is 2. The number of benzene rings is 2. The molecule has 0 aliphatic rings. The van der Waals surface area contributed by atoms with Gasteiger partial charge in [-0.25, -0.2) is 8.78 Å². The molecule has 0 atom stereocenters. The zero-order valence-corrected chi connectivity index (χ0v) is 11.1. The van der Waals surface area contributed by atoms with E-state index in [1.807, 2.05) is 6.07 Å². The van der Waals surface area contributed by atoms with Gasteiger partial charge in [0.1, 0.15) is 0 Å². The molecule has 0 fully saturated rings. The monoisotopic (exact) mass is 301 g/mol. The fraction of sp³-hybridized carbons (Fsp3) is 0. The van der Waals surface area contributed by atoms with Crippen LogP contribution >= 0.6 is 0 Å². The molecule has 1 amide bonds. The van der Waals surface area contributed by atoms with Gasteiger partial charge >= 0.3 is 11.8 Å². The highest BCUT2D eigenvalue weighted by Crippen LogP contribution is 2.18. The molecule has 1 N–H and O–H groups in total. The second-order valence-electron chi connectivity index (χ2n) is 4.36. The molecule has 3 aromatic rings. The van der Waals surface area contributed by atoms with Crippen LogP contribution in [0.3, 0.4) is 0 Å². The van der Waals surface area contributed by atoms with E-state index in [1.165, 1.54) is 6.07 Å². The molecule has 3 rings (SSSR count). The molecule has 5 nitrogen and oxygen atoms in total. The molecular formula is C15H9F2N3O2. The van der Waals surface area contributed by atoms with Gasteiger partial charge in [-0.3, -0.25) is 4.79 Å². The minimum Gasteiger partial charge on any atom is -0.412 e. The molecule has 0 bridgehead atoms. The van der Waals surface area contributed by atoms with E-state index in [9.17, 15) is 13.6 Å². The van der Waals surface area contributed by atoms with Crippen molar-refractivity contribution in [2.24, 2.45) is 0 Å². The number of hydrogen-bond donors (Lipinski definition) is 1. The van der Waals surface area contributed by atoms with Crippen LogP contribution in [0, 0.1) is 11.6 Å². The standard InChI is InChI=1S/C15H9F2N3O2/c16-11-7-6-10(8-12(11)17)18-13(21)15-20-19-14(22-15)9-4-2-1-3-5-9/h1-8H,(H,18,21). The van der Waals surface area contributed by atoms with E-state index in [1.54, 1.807) is 24.3 Å². The number of carbonyl (C=O) groups excluding carboxylic acids is 1. The minimum atomic E-state index is -1.06. The Bertz CT molecular complexity index is 819. The fourth-order valence-electron chi connectivity index (χ4n) is 1.77. The third kappa shape index (κ3) is 2.83. The predicted octanol–water partition coefficient (Wildman–Crippen LogP) is 3.27. The molecule has 0 saturated carbocycles. The maximum Gasteiger partial charge on any atom is 0.313 e. The van der Waals surface area contributed by atoms with Crippen molar-refractivity contribution < 1.29 is 18.0 Å². The summed E-state index contributed by atoms with van der Waals surface area (Å²) in [6.45, 7) is 0. The average Bonchev–Trinajstić information content (AvgIpc) is 3.02. The number of halogens is 2. The molecular weight excluding hydrogens is 292 g/mol. The van der Waals surface area contributed by atoms with Gasteiger partial charge in [0.25, 0.3) is 0 Å². The van der Waals surface area contributed by atoms with E-state index in [0.29, 0.717) is 5.56 Å². The van der Waals surface area contributed by atoms with Crippen LogP contribution in [-0.2, 0) is 0 Å². The van der Waals surface area contributed by atoms with Gasteiger partial charge in [0, 0.05) is 17.3 Å². The third-order valence-electron chi connectivity index (χ3n) is 2.82. The molecule has 0 spiro atoms. The Hall–Kier alpha value is -3.09. The van der Waals surface area contributed by atoms with Crippen molar-refractivity contribution >= 4 is 11.6 Å². The fourth-order valence-corrected chi connectivity index (χ4v) is 1.77. The molecule has 2 aromatic carbocycles. The number of aromatic nitrogens is 2. The van der Waals surface area contributed by atoms with Crippen molar-refractivity contribution in [1.29, 1.82) is 0 Å². The Balaban J connectivity index is 1.78. The van der Waals surface area contributed by atoms with Gasteiger partial charge in [0.15, 0.2) is 11.6 Å². The van der Waals surface area contributed by atoms with E-state index in [-0.39, 0.29) is 17.5 Å². The predicted molar refractivity (Wildman–Crippen MR) is 74.0 cm³/mol. The van der Waals surface area contributed by atoms with E-state index >= 15 is 0 Å². The van der Waals surface area contributed by atoms with Gasteiger partial charge in [-0.05, 0) is 24.3 Å². The normalized spacial score (nSPS) is 10.5. The first-order valence-electron chi connectivity index (χ1n) is 6.29. The van der Waals surface area contributed by atoms with Gasteiger partial charge in [0.2, 0.25) is 5.89 Å². The molecule has 110 valence electrons. The maximum absolute atomic E-state index is 13.1. The van der Waals surface area contributed by atoms with Crippen molar-refractivity contribution in [3.8, 4) is 11.5 Å². The van der Waals surface area contributed by atoms with E-state index in [2.05, 4.69) is 15.5 Å². The van der Waals surface area contributed by atoms with Crippen LogP contribution in [0.5, 0.6) is 0 Å². The average molecular weight is 301 g/mol. The van der Waals surface area contributed by atoms with Crippen LogP contribution in [0.1, 0.15) is 10.7 Å². The lowest BCUT2D eigenvalue weighted by Gasteiger charge is -2.02. The van der Waals surface area contributed by atoms with Crippen LogP contribution in [0.2, 0.25) is 0 Å². The summed E-state index contributed by atoms with van der Waals surface area (Å²) in [6, 6.07) is 11.9. The molecule has 0 aliphatic heterocycles. The number of nitrogens with one attached hydrogen (secondary N) is 1. The van der Waals surface area contributed by atoms with E-state index in [4.69, 9.17) is 4.42 Å². The molecule has 22 heavy (non-hydrogen) atoms. The lowest BCUT2D eigenvalue weighted by molar-refractivity contribution is 0.0991. The van der Waals surface area contributed by atoms with E-state index < -0.39 is 17.5 Å². The van der Waals surface area contributed by atoms with Gasteiger partial charge in [-0.15, -0.1) is 10.2 Å². The number of carbonyl (C=O) groups is 1. The first kappa shape index (κ1) is 13.9. The van der Waals surface area contributed by atoms with Crippen molar-refractivity contribution in [3.05, 3.63) is 66.1 Å². The Morgan fingerprint density at radius 2 is 1.77 bits per heavy atom. The third-order valence-corrected chi connectivity index (χ3v) is 2.82. The lowest BCUT2D eigenvalue weighted by Crippen LogP contribution is -2.12. The van der Waals surface area contributed by atoms with Crippen molar-refractivity contribution in [2.45, 2.75) is 0 Å². The summed E-state index contributed by atoms with van der Waals surface area (Å²) < 4.78 is 31.2. The maximum atomic E-state index is 13.1. The highest BCUT2D eigenvalue weighted by Gasteiger charge is 2.16. The van der Waals surface area contributed by atoms with Gasteiger partial charge < -0.3 is 9.73 Å². The molecule has 1 heterocycles. The summed E-state index contributed by atoms with van der Waals surface area (Å²) >= 11 is 0.